The van der Waals surface area contributed by atoms with Crippen LogP contribution in [0.1, 0.15) is 26.3 Å². The van der Waals surface area contributed by atoms with Crippen LogP contribution >= 0.6 is 11.8 Å². The summed E-state index contributed by atoms with van der Waals surface area (Å²) in [5.74, 6) is -0.909. The summed E-state index contributed by atoms with van der Waals surface area (Å²) in [6.07, 6.45) is 0.208. The molecule has 0 spiro atoms. The Morgan fingerprint density at radius 2 is 1.77 bits per heavy atom. The summed E-state index contributed by atoms with van der Waals surface area (Å²) in [6, 6.07) is 8.05. The molecule has 2 heterocycles. The molecule has 2 fully saturated rings. The number of nitrogens with zero attached hydrogens (tertiary/aromatic N) is 1. The average Bonchev–Trinajstić information content (AvgIpc) is 3.00. The molecular formula is C22H30N2O6S. The molecule has 170 valence electrons. The van der Waals surface area contributed by atoms with Crippen LogP contribution in [-0.2, 0) is 35.0 Å². The zero-order chi connectivity index (χ0) is 22.4. The first kappa shape index (κ1) is 23.6. The summed E-state index contributed by atoms with van der Waals surface area (Å²) < 4.78 is 15.4. The second-order valence-corrected chi connectivity index (χ2v) is 9.72. The fourth-order valence-electron chi connectivity index (χ4n) is 3.78. The van der Waals surface area contributed by atoms with Crippen molar-refractivity contribution in [3.63, 3.8) is 0 Å². The topological polar surface area (TPSA) is 94.2 Å². The molecule has 8 nitrogen and oxygen atoms in total. The smallest absolute Gasteiger partial charge is 0.330 e. The van der Waals surface area contributed by atoms with Gasteiger partial charge in [0, 0.05) is 11.4 Å². The Hall–Kier alpha value is -2.10. The van der Waals surface area contributed by atoms with Gasteiger partial charge in [-0.05, 0) is 26.3 Å². The summed E-state index contributed by atoms with van der Waals surface area (Å²) in [5, 5.41) is 2.55. The number of hydrogen-bond donors (Lipinski definition) is 1. The van der Waals surface area contributed by atoms with Gasteiger partial charge in [0.2, 0.25) is 11.8 Å². The molecular weight excluding hydrogens is 420 g/mol. The third-order valence-corrected chi connectivity index (χ3v) is 6.81. The van der Waals surface area contributed by atoms with Crippen molar-refractivity contribution in [1.82, 2.24) is 10.2 Å². The van der Waals surface area contributed by atoms with Crippen LogP contribution in [0, 0.1) is 0 Å². The minimum Gasteiger partial charge on any atom is -0.462 e. The van der Waals surface area contributed by atoms with Gasteiger partial charge in [-0.2, -0.15) is 0 Å². The van der Waals surface area contributed by atoms with E-state index in [0.717, 1.165) is 5.56 Å². The summed E-state index contributed by atoms with van der Waals surface area (Å²) in [5.41, 5.74) is 0.882. The minimum atomic E-state index is -0.694. The number of ether oxygens (including phenoxy) is 3. The van der Waals surface area contributed by atoms with Gasteiger partial charge in [0.15, 0.2) is 0 Å². The van der Waals surface area contributed by atoms with Crippen LogP contribution in [0.25, 0.3) is 0 Å². The number of fused-ring (bicyclic) bond motifs is 1. The van der Waals surface area contributed by atoms with Gasteiger partial charge < -0.3 is 24.4 Å². The van der Waals surface area contributed by atoms with Gasteiger partial charge >= 0.3 is 5.97 Å². The number of carbonyl (C=O) groups excluding carboxylic acids is 3. The van der Waals surface area contributed by atoms with E-state index in [9.17, 15) is 14.4 Å². The van der Waals surface area contributed by atoms with Gasteiger partial charge in [0.1, 0.15) is 24.1 Å². The van der Waals surface area contributed by atoms with Crippen molar-refractivity contribution in [2.75, 3.05) is 33.0 Å². The number of amides is 2. The van der Waals surface area contributed by atoms with Gasteiger partial charge in [-0.25, -0.2) is 4.79 Å². The van der Waals surface area contributed by atoms with E-state index in [-0.39, 0.29) is 36.8 Å². The normalized spacial score (nSPS) is 23.8. The monoisotopic (exact) mass is 450 g/mol. The Morgan fingerprint density at radius 1 is 1.10 bits per heavy atom. The predicted molar refractivity (Wildman–Crippen MR) is 116 cm³/mol. The Balaban J connectivity index is 1.49. The fraction of sp³-hybridized carbons (Fsp3) is 0.591. The molecule has 0 radical (unpaired) electrons. The van der Waals surface area contributed by atoms with Crippen molar-refractivity contribution in [3.05, 3.63) is 35.9 Å². The number of esters is 1. The van der Waals surface area contributed by atoms with Crippen LogP contribution in [0.3, 0.4) is 0 Å². The Labute approximate surface area is 187 Å². The fourth-order valence-corrected chi connectivity index (χ4v) is 5.40. The van der Waals surface area contributed by atoms with Crippen molar-refractivity contribution in [2.45, 2.75) is 49.4 Å². The van der Waals surface area contributed by atoms with E-state index in [1.54, 1.807) is 0 Å². The molecule has 1 N–H and O–H groups in total. The van der Waals surface area contributed by atoms with E-state index in [4.69, 9.17) is 14.2 Å². The van der Waals surface area contributed by atoms with Crippen LogP contribution in [0.5, 0.6) is 0 Å². The highest BCUT2D eigenvalue weighted by Gasteiger charge is 2.64. The molecule has 0 unspecified atom stereocenters. The maximum absolute atomic E-state index is 12.8. The third kappa shape index (κ3) is 5.58. The maximum Gasteiger partial charge on any atom is 0.330 e. The van der Waals surface area contributed by atoms with Crippen LogP contribution in [-0.4, -0.2) is 77.9 Å². The van der Waals surface area contributed by atoms with Gasteiger partial charge in [0.05, 0.1) is 26.2 Å². The molecule has 2 aliphatic rings. The lowest BCUT2D eigenvalue weighted by Crippen LogP contribution is -2.70. The van der Waals surface area contributed by atoms with E-state index in [1.807, 2.05) is 51.1 Å². The van der Waals surface area contributed by atoms with Crippen molar-refractivity contribution in [3.8, 4) is 0 Å². The highest BCUT2D eigenvalue weighted by Crippen LogP contribution is 2.51. The van der Waals surface area contributed by atoms with E-state index in [0.29, 0.717) is 19.8 Å². The molecule has 2 aliphatic heterocycles. The number of thioether (sulfide) groups is 1. The minimum absolute atomic E-state index is 0.117. The SMILES string of the molecule is CCOCCOCCOC(=O)[C@@H]1N2C(=O)[C@@H](NC(=O)Cc3ccccc3)[C@H]2SC1(C)C. The zero-order valence-electron chi connectivity index (χ0n) is 18.2. The third-order valence-electron chi connectivity index (χ3n) is 5.24. The second kappa shape index (κ2) is 10.5. The van der Waals surface area contributed by atoms with Crippen LogP contribution in [0.15, 0.2) is 30.3 Å². The largest absolute Gasteiger partial charge is 0.462 e. The first-order valence-electron chi connectivity index (χ1n) is 10.5. The zero-order valence-corrected chi connectivity index (χ0v) is 19.0. The van der Waals surface area contributed by atoms with Gasteiger partial charge in [-0.15, -0.1) is 11.8 Å². The molecule has 0 bridgehead atoms. The summed E-state index contributed by atoms with van der Waals surface area (Å²) >= 11 is 1.51. The Bertz CT molecular complexity index is 787. The van der Waals surface area contributed by atoms with Crippen LogP contribution in [0.4, 0.5) is 0 Å². The molecule has 1 aromatic carbocycles. The lowest BCUT2D eigenvalue weighted by atomic mass is 9.96. The van der Waals surface area contributed by atoms with E-state index < -0.39 is 22.8 Å². The first-order valence-corrected chi connectivity index (χ1v) is 11.4. The predicted octanol–water partition coefficient (Wildman–Crippen LogP) is 1.37. The molecule has 2 amide bonds. The van der Waals surface area contributed by atoms with Gasteiger partial charge in [-0.3, -0.25) is 9.59 Å². The van der Waals surface area contributed by atoms with Crippen LogP contribution in [0.2, 0.25) is 0 Å². The van der Waals surface area contributed by atoms with Gasteiger partial charge in [-0.1, -0.05) is 30.3 Å². The van der Waals surface area contributed by atoms with E-state index >= 15 is 0 Å². The van der Waals surface area contributed by atoms with Crippen molar-refractivity contribution >= 4 is 29.5 Å². The molecule has 9 heteroatoms. The Morgan fingerprint density at radius 3 is 2.48 bits per heavy atom. The molecule has 2 saturated heterocycles. The van der Waals surface area contributed by atoms with Crippen molar-refractivity contribution in [1.29, 1.82) is 0 Å². The molecule has 3 atom stereocenters. The number of β-lactam (4-membered cyclic amide) rings is 1. The number of rotatable bonds is 11. The Kier molecular flexibility index (Phi) is 7.96. The number of hydrogen-bond acceptors (Lipinski definition) is 7. The first-order chi connectivity index (χ1) is 14.8. The molecule has 31 heavy (non-hydrogen) atoms. The number of nitrogens with one attached hydrogen (secondary N) is 1. The molecule has 3 rings (SSSR count). The van der Waals surface area contributed by atoms with E-state index in [1.165, 1.54) is 16.7 Å². The molecule has 0 aliphatic carbocycles. The van der Waals surface area contributed by atoms with Crippen molar-refractivity contribution < 1.29 is 28.6 Å². The summed E-state index contributed by atoms with van der Waals surface area (Å²) in [4.78, 5) is 39.4. The summed E-state index contributed by atoms with van der Waals surface area (Å²) in [7, 11) is 0. The highest BCUT2D eigenvalue weighted by atomic mass is 32.2. The lowest BCUT2D eigenvalue weighted by molar-refractivity contribution is -0.165. The molecule has 0 saturated carbocycles. The summed E-state index contributed by atoms with van der Waals surface area (Å²) in [6.45, 7) is 7.69. The van der Waals surface area contributed by atoms with Gasteiger partial charge in [0.25, 0.3) is 0 Å². The molecule has 0 aromatic heterocycles. The van der Waals surface area contributed by atoms with E-state index in [2.05, 4.69) is 5.32 Å². The highest BCUT2D eigenvalue weighted by molar-refractivity contribution is 8.01. The van der Waals surface area contributed by atoms with Crippen molar-refractivity contribution in [2.24, 2.45) is 0 Å². The second-order valence-electron chi connectivity index (χ2n) is 7.94. The molecule has 1 aromatic rings. The standard InChI is InChI=1S/C22H30N2O6S/c1-4-28-10-11-29-12-13-30-21(27)18-22(2,3)31-20-17(19(26)24(18)20)23-16(25)14-15-8-6-5-7-9-15/h5-9,17-18,20H,4,10-14H2,1-3H3,(H,23,25)/t17-,18+,20-/m1/s1. The number of benzene rings is 1. The quantitative estimate of drug-likeness (QED) is 0.309. The van der Waals surface area contributed by atoms with Crippen LogP contribution < -0.4 is 5.32 Å². The maximum atomic E-state index is 12.8. The average molecular weight is 451 g/mol. The lowest BCUT2D eigenvalue weighted by Gasteiger charge is -2.44. The number of carbonyl (C=O) groups is 3.